The van der Waals surface area contributed by atoms with Gasteiger partial charge in [0, 0.05) is 5.69 Å². The minimum Gasteiger partial charge on any atom is -0.321 e. The molecule has 0 aliphatic heterocycles. The Morgan fingerprint density at radius 3 is 2.19 bits per heavy atom. The lowest BCUT2D eigenvalue weighted by Crippen LogP contribution is -2.12. The van der Waals surface area contributed by atoms with Gasteiger partial charge in [-0.15, -0.1) is 5.10 Å². The molecular weight excluding hydrogens is 266 g/mol. The van der Waals surface area contributed by atoms with Crippen LogP contribution in [0.1, 0.15) is 10.5 Å². The average molecular weight is 279 g/mol. The van der Waals surface area contributed by atoms with Gasteiger partial charge in [-0.2, -0.15) is 4.79 Å². The van der Waals surface area contributed by atoms with Crippen LogP contribution in [0.3, 0.4) is 0 Å². The molecule has 3 rings (SSSR count). The molecule has 0 fully saturated rings. The number of amides is 1. The van der Waals surface area contributed by atoms with E-state index in [-0.39, 0.29) is 11.6 Å². The zero-order chi connectivity index (χ0) is 14.5. The van der Waals surface area contributed by atoms with Crippen LogP contribution in [0, 0.1) is 0 Å². The summed E-state index contributed by atoms with van der Waals surface area (Å²) in [5, 5.41) is 10.5. The Bertz CT molecular complexity index is 724. The molecule has 0 aliphatic rings. The van der Waals surface area contributed by atoms with E-state index in [9.17, 15) is 4.79 Å². The fourth-order valence-corrected chi connectivity index (χ4v) is 1.78. The van der Waals surface area contributed by atoms with Crippen LogP contribution in [0.15, 0.2) is 66.9 Å². The lowest BCUT2D eigenvalue weighted by molar-refractivity contribution is 0.102. The Hall–Kier alpha value is -3.15. The van der Waals surface area contributed by atoms with Gasteiger partial charge in [0.15, 0.2) is 5.69 Å². The van der Waals surface area contributed by atoms with Crippen LogP contribution in [-0.2, 0) is 0 Å². The van der Waals surface area contributed by atoms with E-state index in [1.165, 1.54) is 11.0 Å². The molecule has 0 unspecified atom stereocenters. The van der Waals surface area contributed by atoms with Gasteiger partial charge in [-0.1, -0.05) is 36.4 Å². The van der Waals surface area contributed by atoms with Crippen molar-refractivity contribution in [2.75, 3.05) is 10.7 Å². The molecule has 1 amide bonds. The Morgan fingerprint density at radius 1 is 0.905 bits per heavy atom. The van der Waals surface area contributed by atoms with Gasteiger partial charge in [0.1, 0.15) is 0 Å². The molecule has 2 N–H and O–H groups in total. The number of carbonyl (C=O) groups is 1. The van der Waals surface area contributed by atoms with E-state index in [1.54, 1.807) is 0 Å². The molecule has 0 radical (unpaired) electrons. The molecule has 0 saturated heterocycles. The van der Waals surface area contributed by atoms with Crippen molar-refractivity contribution in [3.8, 4) is 0 Å². The van der Waals surface area contributed by atoms with Crippen LogP contribution in [0.25, 0.3) is 0 Å². The van der Waals surface area contributed by atoms with Gasteiger partial charge < -0.3 is 5.32 Å². The molecular formula is C15H13N5O. The van der Waals surface area contributed by atoms with Gasteiger partial charge in [0.2, 0.25) is 0 Å². The van der Waals surface area contributed by atoms with Gasteiger partial charge in [-0.05, 0) is 29.5 Å². The third kappa shape index (κ3) is 3.24. The maximum atomic E-state index is 12.0. The zero-order valence-corrected chi connectivity index (χ0v) is 11.1. The molecule has 3 aromatic rings. The number of anilines is 2. The first-order chi connectivity index (χ1) is 10.3. The molecule has 0 saturated carbocycles. The van der Waals surface area contributed by atoms with E-state index in [1.807, 2.05) is 60.7 Å². The molecule has 1 heterocycles. The fraction of sp³-hybridized carbons (Fsp3) is 0. The summed E-state index contributed by atoms with van der Waals surface area (Å²) in [6.45, 7) is 0. The summed E-state index contributed by atoms with van der Waals surface area (Å²) in [5.74, 6) is -0.303. The quantitative estimate of drug-likeness (QED) is 0.769. The number of hydrogen-bond acceptors (Lipinski definition) is 4. The van der Waals surface area contributed by atoms with E-state index in [2.05, 4.69) is 21.1 Å². The largest absolute Gasteiger partial charge is 0.321 e. The summed E-state index contributed by atoms with van der Waals surface area (Å²) in [6, 6.07) is 18.7. The number of nitrogens with zero attached hydrogens (tertiary/aromatic N) is 3. The molecule has 6 nitrogen and oxygen atoms in total. The standard InChI is InChI=1S/C15H13N5O/c21-15(16-12-7-3-1-4-8-12)14-11-20(19-17-14)18-13-9-5-2-6-10-13/h1-11,18H,(H,16,21). The highest BCUT2D eigenvalue weighted by Crippen LogP contribution is 2.08. The lowest BCUT2D eigenvalue weighted by atomic mass is 10.3. The lowest BCUT2D eigenvalue weighted by Gasteiger charge is -2.03. The molecule has 21 heavy (non-hydrogen) atoms. The van der Waals surface area contributed by atoms with Crippen molar-refractivity contribution in [3.63, 3.8) is 0 Å². The number of para-hydroxylation sites is 2. The zero-order valence-electron chi connectivity index (χ0n) is 11.1. The Morgan fingerprint density at radius 2 is 1.52 bits per heavy atom. The molecule has 104 valence electrons. The first-order valence-corrected chi connectivity index (χ1v) is 6.42. The number of rotatable bonds is 4. The third-order valence-corrected chi connectivity index (χ3v) is 2.78. The minimum absolute atomic E-state index is 0.238. The van der Waals surface area contributed by atoms with E-state index >= 15 is 0 Å². The molecule has 2 aromatic carbocycles. The topological polar surface area (TPSA) is 71.8 Å². The van der Waals surface area contributed by atoms with Crippen molar-refractivity contribution >= 4 is 17.3 Å². The van der Waals surface area contributed by atoms with Gasteiger partial charge in [0.05, 0.1) is 11.9 Å². The van der Waals surface area contributed by atoms with E-state index < -0.39 is 0 Å². The summed E-state index contributed by atoms with van der Waals surface area (Å²) >= 11 is 0. The highest BCUT2D eigenvalue weighted by molar-refractivity contribution is 6.02. The average Bonchev–Trinajstić information content (AvgIpc) is 2.98. The summed E-state index contributed by atoms with van der Waals surface area (Å²) < 4.78 is 0. The fourth-order valence-electron chi connectivity index (χ4n) is 1.78. The third-order valence-electron chi connectivity index (χ3n) is 2.78. The van der Waals surface area contributed by atoms with Crippen LogP contribution in [0.5, 0.6) is 0 Å². The normalized spacial score (nSPS) is 10.1. The van der Waals surface area contributed by atoms with Gasteiger partial charge in [-0.3, -0.25) is 10.2 Å². The first-order valence-electron chi connectivity index (χ1n) is 6.42. The molecule has 6 heteroatoms. The highest BCUT2D eigenvalue weighted by Gasteiger charge is 2.10. The predicted molar refractivity (Wildman–Crippen MR) is 79.9 cm³/mol. The molecule has 1 aromatic heterocycles. The van der Waals surface area contributed by atoms with Crippen molar-refractivity contribution in [1.82, 2.24) is 15.1 Å². The Balaban J connectivity index is 1.68. The molecule has 0 aliphatic carbocycles. The minimum atomic E-state index is -0.303. The van der Waals surface area contributed by atoms with Gasteiger partial charge in [-0.25, -0.2) is 0 Å². The van der Waals surface area contributed by atoms with E-state index in [0.717, 1.165) is 5.69 Å². The molecule has 0 atom stereocenters. The maximum Gasteiger partial charge on any atom is 0.277 e. The second kappa shape index (κ2) is 5.87. The van der Waals surface area contributed by atoms with Crippen molar-refractivity contribution < 1.29 is 4.79 Å². The van der Waals surface area contributed by atoms with Crippen molar-refractivity contribution in [2.45, 2.75) is 0 Å². The summed E-state index contributed by atoms with van der Waals surface area (Å²) in [4.78, 5) is 13.4. The second-order valence-corrected chi connectivity index (χ2v) is 4.35. The monoisotopic (exact) mass is 279 g/mol. The van der Waals surface area contributed by atoms with Crippen molar-refractivity contribution in [1.29, 1.82) is 0 Å². The van der Waals surface area contributed by atoms with Crippen molar-refractivity contribution in [3.05, 3.63) is 72.6 Å². The SMILES string of the molecule is O=C(Nc1ccccc1)c1cn(Nc2ccccc2)nn1. The highest BCUT2D eigenvalue weighted by atomic mass is 16.2. The smallest absolute Gasteiger partial charge is 0.277 e. The van der Waals surface area contributed by atoms with Crippen LogP contribution in [-0.4, -0.2) is 21.0 Å². The predicted octanol–water partition coefficient (Wildman–Crippen LogP) is 2.41. The maximum absolute atomic E-state index is 12.0. The van der Waals surface area contributed by atoms with Gasteiger partial charge >= 0.3 is 0 Å². The summed E-state index contributed by atoms with van der Waals surface area (Å²) in [6.07, 6.45) is 1.53. The number of hydrogen-bond donors (Lipinski definition) is 2. The van der Waals surface area contributed by atoms with Crippen LogP contribution in [0.4, 0.5) is 11.4 Å². The Labute approximate surface area is 121 Å². The van der Waals surface area contributed by atoms with E-state index in [4.69, 9.17) is 0 Å². The number of benzene rings is 2. The number of nitrogens with one attached hydrogen (secondary N) is 2. The van der Waals surface area contributed by atoms with Crippen LogP contribution < -0.4 is 10.7 Å². The van der Waals surface area contributed by atoms with Crippen molar-refractivity contribution in [2.24, 2.45) is 0 Å². The Kier molecular flexibility index (Phi) is 3.60. The van der Waals surface area contributed by atoms with Crippen LogP contribution >= 0.6 is 0 Å². The summed E-state index contributed by atoms with van der Waals surface area (Å²) in [5.41, 5.74) is 4.82. The summed E-state index contributed by atoms with van der Waals surface area (Å²) in [7, 11) is 0. The van der Waals surface area contributed by atoms with Gasteiger partial charge in [0.25, 0.3) is 5.91 Å². The second-order valence-electron chi connectivity index (χ2n) is 4.35. The molecule has 0 spiro atoms. The first kappa shape index (κ1) is 12.9. The number of aromatic nitrogens is 3. The van der Waals surface area contributed by atoms with Crippen LogP contribution in [0.2, 0.25) is 0 Å². The molecule has 0 bridgehead atoms. The number of carbonyl (C=O) groups excluding carboxylic acids is 1. The van der Waals surface area contributed by atoms with E-state index in [0.29, 0.717) is 5.69 Å².